The van der Waals surface area contributed by atoms with E-state index < -0.39 is 21.7 Å². The average Bonchev–Trinajstić information content (AvgIpc) is 2.91. The maximum absolute atomic E-state index is 13.0. The monoisotopic (exact) mass is 463 g/mol. The van der Waals surface area contributed by atoms with Gasteiger partial charge in [0.2, 0.25) is 15.9 Å². The fraction of sp³-hybridized carbons (Fsp3) is 0.333. The number of rotatable bonds is 5. The van der Waals surface area contributed by atoms with Crippen molar-refractivity contribution >= 4 is 44.3 Å². The molecule has 0 saturated carbocycles. The Bertz CT molecular complexity index is 1260. The van der Waals surface area contributed by atoms with E-state index in [1.54, 1.807) is 24.3 Å². The van der Waals surface area contributed by atoms with Crippen LogP contribution in [0.4, 0.5) is 5.69 Å². The number of nitrogens with zero attached hydrogens (tertiary/aromatic N) is 2. The average molecular weight is 464 g/mol. The lowest BCUT2D eigenvalue weighted by atomic mass is 10.2. The van der Waals surface area contributed by atoms with E-state index in [1.165, 1.54) is 27.1 Å². The van der Waals surface area contributed by atoms with E-state index in [9.17, 15) is 18.0 Å². The molecule has 1 aliphatic rings. The Morgan fingerprint density at radius 2 is 1.71 bits per heavy atom. The number of anilines is 1. The number of hydrogen-bond donors (Lipinski definition) is 1. The van der Waals surface area contributed by atoms with Crippen LogP contribution in [0.15, 0.2) is 56.6 Å². The van der Waals surface area contributed by atoms with E-state index in [-0.39, 0.29) is 17.0 Å². The van der Waals surface area contributed by atoms with Crippen LogP contribution < -0.4 is 11.1 Å². The largest absolute Gasteiger partial charge is 0.420 e. The molecular formula is C21H22ClN3O5S. The molecule has 3 aromatic rings. The predicted octanol–water partition coefficient (Wildman–Crippen LogP) is 3.45. The Morgan fingerprint density at radius 3 is 2.39 bits per heavy atom. The maximum atomic E-state index is 13.0. The van der Waals surface area contributed by atoms with E-state index in [0.717, 1.165) is 25.7 Å². The minimum absolute atomic E-state index is 0.0772. The molecule has 1 amide bonds. The van der Waals surface area contributed by atoms with Crippen molar-refractivity contribution in [3.63, 3.8) is 0 Å². The summed E-state index contributed by atoms with van der Waals surface area (Å²) in [5.74, 6) is -1.15. The fourth-order valence-electron chi connectivity index (χ4n) is 3.67. The van der Waals surface area contributed by atoms with Crippen LogP contribution in [0.5, 0.6) is 0 Å². The summed E-state index contributed by atoms with van der Waals surface area (Å²) in [7, 11) is -3.68. The van der Waals surface area contributed by atoms with E-state index in [2.05, 4.69) is 5.32 Å². The smallest absolute Gasteiger partial charge is 0.408 e. The number of hydrogen-bond acceptors (Lipinski definition) is 5. The zero-order valence-electron chi connectivity index (χ0n) is 16.7. The highest BCUT2D eigenvalue weighted by molar-refractivity contribution is 7.89. The third-order valence-corrected chi connectivity index (χ3v) is 7.42. The first-order valence-electron chi connectivity index (χ1n) is 10.0. The van der Waals surface area contributed by atoms with Gasteiger partial charge in [-0.2, -0.15) is 4.31 Å². The van der Waals surface area contributed by atoms with Crippen LogP contribution in [0.2, 0.25) is 5.02 Å². The van der Waals surface area contributed by atoms with E-state index in [0.29, 0.717) is 29.3 Å². The standard InChI is InChI=1S/C21H22ClN3O5S/c22-15-5-7-16(8-6-15)23-20(26)14-25-18-10-9-17(13-19(18)30-21(25)27)31(28,29)24-11-3-1-2-4-12-24/h5-10,13H,1-4,11-12,14H2,(H,23,26). The number of halogens is 1. The molecule has 2 aromatic carbocycles. The molecule has 8 nitrogen and oxygen atoms in total. The van der Waals surface area contributed by atoms with Crippen LogP contribution in [0, 0.1) is 0 Å². The molecule has 1 fully saturated rings. The first-order valence-corrected chi connectivity index (χ1v) is 11.9. The highest BCUT2D eigenvalue weighted by atomic mass is 35.5. The van der Waals surface area contributed by atoms with Gasteiger partial charge in [0.25, 0.3) is 0 Å². The minimum atomic E-state index is -3.68. The summed E-state index contributed by atoms with van der Waals surface area (Å²) in [6.45, 7) is 0.694. The Labute approximate surface area is 184 Å². The molecule has 1 aromatic heterocycles. The number of carbonyl (C=O) groups excluding carboxylic acids is 1. The number of carbonyl (C=O) groups is 1. The molecule has 31 heavy (non-hydrogen) atoms. The molecule has 1 N–H and O–H groups in total. The van der Waals surface area contributed by atoms with Gasteiger partial charge in [-0.25, -0.2) is 13.2 Å². The predicted molar refractivity (Wildman–Crippen MR) is 118 cm³/mol. The minimum Gasteiger partial charge on any atom is -0.408 e. The van der Waals surface area contributed by atoms with Crippen LogP contribution in [0.1, 0.15) is 25.7 Å². The number of nitrogens with one attached hydrogen (secondary N) is 1. The molecule has 0 unspecified atom stereocenters. The first-order chi connectivity index (χ1) is 14.8. The van der Waals surface area contributed by atoms with Gasteiger partial charge >= 0.3 is 5.76 Å². The van der Waals surface area contributed by atoms with Crippen LogP contribution in [-0.2, 0) is 21.4 Å². The van der Waals surface area contributed by atoms with E-state index in [1.807, 2.05) is 0 Å². The van der Waals surface area contributed by atoms with E-state index in [4.69, 9.17) is 16.0 Å². The van der Waals surface area contributed by atoms with Crippen molar-refractivity contribution < 1.29 is 17.6 Å². The molecule has 4 rings (SSSR count). The molecule has 0 radical (unpaired) electrons. The maximum Gasteiger partial charge on any atom is 0.420 e. The van der Waals surface area contributed by atoms with Gasteiger partial charge in [-0.15, -0.1) is 0 Å². The van der Waals surface area contributed by atoms with E-state index >= 15 is 0 Å². The van der Waals surface area contributed by atoms with Crippen molar-refractivity contribution in [1.82, 2.24) is 8.87 Å². The SMILES string of the molecule is O=C(Cn1c(=O)oc2cc(S(=O)(=O)N3CCCCCC3)ccc21)Nc1ccc(Cl)cc1. The van der Waals surface area contributed by atoms with Crippen molar-refractivity contribution in [2.24, 2.45) is 0 Å². The van der Waals surface area contributed by atoms with Crippen molar-refractivity contribution in [2.45, 2.75) is 37.1 Å². The van der Waals surface area contributed by atoms with Crippen LogP contribution in [0.25, 0.3) is 11.1 Å². The van der Waals surface area contributed by atoms with Gasteiger partial charge in [0.05, 0.1) is 10.4 Å². The molecule has 0 aliphatic carbocycles. The second-order valence-electron chi connectivity index (χ2n) is 7.46. The van der Waals surface area contributed by atoms with Gasteiger partial charge in [0.15, 0.2) is 5.58 Å². The number of sulfonamides is 1. The lowest BCUT2D eigenvalue weighted by Gasteiger charge is -2.19. The zero-order chi connectivity index (χ0) is 22.0. The Kier molecular flexibility index (Phi) is 6.17. The number of oxazole rings is 1. The summed E-state index contributed by atoms with van der Waals surface area (Å²) in [5.41, 5.74) is 1.02. The topological polar surface area (TPSA) is 102 Å². The number of aromatic nitrogens is 1. The third-order valence-electron chi connectivity index (χ3n) is 5.27. The van der Waals surface area contributed by atoms with Crippen LogP contribution in [-0.4, -0.2) is 36.3 Å². The molecule has 0 bridgehead atoms. The quantitative estimate of drug-likeness (QED) is 0.624. The summed E-state index contributed by atoms with van der Waals surface area (Å²) in [6.07, 6.45) is 3.69. The summed E-state index contributed by atoms with van der Waals surface area (Å²) in [5, 5.41) is 3.22. The molecule has 164 valence electrons. The number of amides is 1. The van der Waals surface area contributed by atoms with Crippen molar-refractivity contribution in [1.29, 1.82) is 0 Å². The van der Waals surface area contributed by atoms with Gasteiger partial charge in [0, 0.05) is 29.9 Å². The van der Waals surface area contributed by atoms with Gasteiger partial charge < -0.3 is 9.73 Å². The zero-order valence-corrected chi connectivity index (χ0v) is 18.3. The summed E-state index contributed by atoms with van der Waals surface area (Å²) < 4.78 is 33.9. The Hall–Kier alpha value is -2.62. The molecule has 0 atom stereocenters. The van der Waals surface area contributed by atoms with Gasteiger partial charge in [-0.3, -0.25) is 9.36 Å². The second kappa shape index (κ2) is 8.86. The lowest BCUT2D eigenvalue weighted by molar-refractivity contribution is -0.116. The Balaban J connectivity index is 1.57. The van der Waals surface area contributed by atoms with Crippen molar-refractivity contribution in [3.8, 4) is 0 Å². The molecule has 10 heteroatoms. The van der Waals surface area contributed by atoms with Crippen molar-refractivity contribution in [2.75, 3.05) is 18.4 Å². The number of fused-ring (bicyclic) bond motifs is 1. The highest BCUT2D eigenvalue weighted by Gasteiger charge is 2.26. The summed E-state index contributed by atoms with van der Waals surface area (Å²) in [4.78, 5) is 24.8. The highest BCUT2D eigenvalue weighted by Crippen LogP contribution is 2.24. The Morgan fingerprint density at radius 1 is 1.03 bits per heavy atom. The molecule has 1 saturated heterocycles. The number of benzene rings is 2. The lowest BCUT2D eigenvalue weighted by Crippen LogP contribution is -2.31. The second-order valence-corrected chi connectivity index (χ2v) is 9.83. The van der Waals surface area contributed by atoms with Crippen molar-refractivity contribution in [3.05, 3.63) is 58.0 Å². The molecule has 2 heterocycles. The van der Waals surface area contributed by atoms with Crippen LogP contribution >= 0.6 is 11.6 Å². The summed E-state index contributed by atoms with van der Waals surface area (Å²) >= 11 is 5.84. The van der Waals surface area contributed by atoms with Crippen LogP contribution in [0.3, 0.4) is 0 Å². The van der Waals surface area contributed by atoms with Gasteiger partial charge in [-0.05, 0) is 49.2 Å². The van der Waals surface area contributed by atoms with Gasteiger partial charge in [-0.1, -0.05) is 24.4 Å². The molecule has 0 spiro atoms. The fourth-order valence-corrected chi connectivity index (χ4v) is 5.32. The molecular weight excluding hydrogens is 442 g/mol. The molecule has 1 aliphatic heterocycles. The third kappa shape index (κ3) is 4.68. The first kappa shape index (κ1) is 21.6. The van der Waals surface area contributed by atoms with Gasteiger partial charge in [0.1, 0.15) is 6.54 Å². The summed E-state index contributed by atoms with van der Waals surface area (Å²) in [6, 6.07) is 10.9. The normalized spacial score (nSPS) is 15.6.